The lowest BCUT2D eigenvalue weighted by atomic mass is 9.85. The maximum atomic E-state index is 11.9. The third-order valence-electron chi connectivity index (χ3n) is 2.83. The van der Waals surface area contributed by atoms with Gasteiger partial charge in [-0.25, -0.2) is 4.79 Å². The minimum atomic E-state index is -0.931. The van der Waals surface area contributed by atoms with Crippen molar-refractivity contribution in [1.29, 1.82) is 0 Å². The van der Waals surface area contributed by atoms with E-state index in [4.69, 9.17) is 5.11 Å². The van der Waals surface area contributed by atoms with Gasteiger partial charge in [-0.15, -0.1) is 0 Å². The second-order valence-corrected chi connectivity index (χ2v) is 6.87. The average Bonchev–Trinajstić information content (AvgIpc) is 2.29. The Morgan fingerprint density at radius 3 is 2.25 bits per heavy atom. The number of carboxylic acids is 1. The molecule has 0 radical (unpaired) electrons. The van der Waals surface area contributed by atoms with E-state index in [2.05, 4.69) is 33.2 Å². The van der Waals surface area contributed by atoms with Crippen LogP contribution in [0.3, 0.4) is 0 Å². The Labute approximate surface area is 132 Å². The van der Waals surface area contributed by atoms with E-state index in [1.807, 2.05) is 32.9 Å². The first-order chi connectivity index (χ1) is 9.18. The predicted molar refractivity (Wildman–Crippen MR) is 86.8 cm³/mol. The monoisotopic (exact) mass is 390 g/mol. The number of nitrogens with one attached hydrogen (secondary N) is 2. The molecule has 0 heterocycles. The summed E-state index contributed by atoms with van der Waals surface area (Å²) in [4.78, 5) is 22.8. The molecule has 1 atom stereocenters. The first-order valence-electron chi connectivity index (χ1n) is 6.23. The van der Waals surface area contributed by atoms with Crippen LogP contribution in [-0.2, 0) is 4.79 Å². The molecule has 5 nitrogen and oxygen atoms in total. The van der Waals surface area contributed by atoms with Gasteiger partial charge in [-0.05, 0) is 52.3 Å². The van der Waals surface area contributed by atoms with Crippen molar-refractivity contribution in [3.8, 4) is 0 Å². The standard InChI is InChI=1S/C14H19IN2O3/c1-14(2,3)11(8-12(18)19)17-13(20)16-10-6-4-9(15)5-7-10/h4-7,11H,8H2,1-3H3,(H,18,19)(H2,16,17,20). The van der Waals surface area contributed by atoms with Gasteiger partial charge in [0.05, 0.1) is 6.42 Å². The molecule has 0 aliphatic rings. The zero-order valence-electron chi connectivity index (χ0n) is 11.7. The minimum Gasteiger partial charge on any atom is -0.481 e. The van der Waals surface area contributed by atoms with Gasteiger partial charge in [0.2, 0.25) is 0 Å². The number of anilines is 1. The van der Waals surface area contributed by atoms with Gasteiger partial charge in [-0.2, -0.15) is 0 Å². The van der Waals surface area contributed by atoms with Crippen LogP contribution in [-0.4, -0.2) is 23.1 Å². The molecule has 0 aliphatic carbocycles. The topological polar surface area (TPSA) is 78.4 Å². The largest absolute Gasteiger partial charge is 0.481 e. The van der Waals surface area contributed by atoms with E-state index < -0.39 is 18.0 Å². The molecule has 1 unspecified atom stereocenters. The normalized spacial score (nSPS) is 12.6. The van der Waals surface area contributed by atoms with Crippen LogP contribution in [0.4, 0.5) is 10.5 Å². The first kappa shape index (κ1) is 16.7. The summed E-state index contributed by atoms with van der Waals surface area (Å²) in [5.74, 6) is -0.931. The number of hydrogen-bond acceptors (Lipinski definition) is 2. The average molecular weight is 390 g/mol. The van der Waals surface area contributed by atoms with E-state index in [0.717, 1.165) is 3.57 Å². The Morgan fingerprint density at radius 1 is 1.25 bits per heavy atom. The van der Waals surface area contributed by atoms with Gasteiger partial charge < -0.3 is 15.7 Å². The number of rotatable bonds is 4. The lowest BCUT2D eigenvalue weighted by Gasteiger charge is -2.30. The molecule has 0 spiro atoms. The van der Waals surface area contributed by atoms with Crippen LogP contribution in [0.15, 0.2) is 24.3 Å². The van der Waals surface area contributed by atoms with Crippen LogP contribution in [0.25, 0.3) is 0 Å². The van der Waals surface area contributed by atoms with Gasteiger partial charge in [0, 0.05) is 15.3 Å². The lowest BCUT2D eigenvalue weighted by molar-refractivity contribution is -0.138. The van der Waals surface area contributed by atoms with Crippen LogP contribution < -0.4 is 10.6 Å². The molecular formula is C14H19IN2O3. The molecule has 2 amide bonds. The van der Waals surface area contributed by atoms with Gasteiger partial charge in [-0.3, -0.25) is 4.79 Å². The highest BCUT2D eigenvalue weighted by molar-refractivity contribution is 14.1. The van der Waals surface area contributed by atoms with Gasteiger partial charge >= 0.3 is 12.0 Å². The van der Waals surface area contributed by atoms with Gasteiger partial charge in [0.1, 0.15) is 0 Å². The van der Waals surface area contributed by atoms with Crippen LogP contribution in [0.1, 0.15) is 27.2 Å². The van der Waals surface area contributed by atoms with Crippen molar-refractivity contribution in [1.82, 2.24) is 5.32 Å². The Balaban J connectivity index is 2.66. The SMILES string of the molecule is CC(C)(C)C(CC(=O)O)NC(=O)Nc1ccc(I)cc1. The summed E-state index contributed by atoms with van der Waals surface area (Å²) in [6.07, 6.45) is -0.108. The van der Waals surface area contributed by atoms with Crippen molar-refractivity contribution in [3.63, 3.8) is 0 Å². The van der Waals surface area contributed by atoms with E-state index in [-0.39, 0.29) is 11.8 Å². The van der Waals surface area contributed by atoms with Crippen LogP contribution in [0.2, 0.25) is 0 Å². The molecule has 0 bridgehead atoms. The van der Waals surface area contributed by atoms with Crippen LogP contribution >= 0.6 is 22.6 Å². The zero-order valence-corrected chi connectivity index (χ0v) is 13.9. The quantitative estimate of drug-likeness (QED) is 0.691. The molecule has 3 N–H and O–H groups in total. The fourth-order valence-corrected chi connectivity index (χ4v) is 1.97. The number of amides is 2. The van der Waals surface area contributed by atoms with Gasteiger partial charge in [0.15, 0.2) is 0 Å². The molecular weight excluding hydrogens is 371 g/mol. The molecule has 0 aliphatic heterocycles. The summed E-state index contributed by atoms with van der Waals surface area (Å²) in [5, 5.41) is 14.3. The van der Waals surface area contributed by atoms with Crippen molar-refractivity contribution in [2.24, 2.45) is 5.41 Å². The number of aliphatic carboxylic acids is 1. The lowest BCUT2D eigenvalue weighted by Crippen LogP contribution is -2.46. The van der Waals surface area contributed by atoms with Gasteiger partial charge in [-0.1, -0.05) is 20.8 Å². The molecule has 0 fully saturated rings. The second-order valence-electron chi connectivity index (χ2n) is 5.62. The fraction of sp³-hybridized carbons (Fsp3) is 0.429. The molecule has 1 aromatic carbocycles. The second kappa shape index (κ2) is 6.92. The maximum Gasteiger partial charge on any atom is 0.319 e. The van der Waals surface area contributed by atoms with E-state index in [9.17, 15) is 9.59 Å². The van der Waals surface area contributed by atoms with Crippen molar-refractivity contribution in [2.45, 2.75) is 33.2 Å². The van der Waals surface area contributed by atoms with Crippen molar-refractivity contribution >= 4 is 40.3 Å². The molecule has 1 aromatic rings. The van der Waals surface area contributed by atoms with Crippen molar-refractivity contribution < 1.29 is 14.7 Å². The Kier molecular flexibility index (Phi) is 5.79. The highest BCUT2D eigenvalue weighted by Crippen LogP contribution is 2.22. The number of hydrogen-bond donors (Lipinski definition) is 3. The van der Waals surface area contributed by atoms with E-state index in [0.29, 0.717) is 5.69 Å². The molecule has 0 saturated carbocycles. The number of halogens is 1. The first-order valence-corrected chi connectivity index (χ1v) is 7.31. The van der Waals surface area contributed by atoms with Crippen molar-refractivity contribution in [2.75, 3.05) is 5.32 Å². The highest BCUT2D eigenvalue weighted by Gasteiger charge is 2.28. The summed E-state index contributed by atoms with van der Waals surface area (Å²) >= 11 is 2.18. The van der Waals surface area contributed by atoms with E-state index in [1.54, 1.807) is 12.1 Å². The van der Waals surface area contributed by atoms with Gasteiger partial charge in [0.25, 0.3) is 0 Å². The fourth-order valence-electron chi connectivity index (χ4n) is 1.61. The zero-order chi connectivity index (χ0) is 15.3. The summed E-state index contributed by atoms with van der Waals surface area (Å²) in [6, 6.07) is 6.52. The number of benzene rings is 1. The third kappa shape index (κ3) is 5.77. The number of carbonyl (C=O) groups excluding carboxylic acids is 1. The van der Waals surface area contributed by atoms with E-state index >= 15 is 0 Å². The molecule has 0 saturated heterocycles. The molecule has 110 valence electrons. The van der Waals surface area contributed by atoms with Crippen LogP contribution in [0, 0.1) is 8.99 Å². The molecule has 20 heavy (non-hydrogen) atoms. The molecule has 6 heteroatoms. The molecule has 1 rings (SSSR count). The van der Waals surface area contributed by atoms with Crippen molar-refractivity contribution in [3.05, 3.63) is 27.8 Å². The summed E-state index contributed by atoms with van der Waals surface area (Å²) in [7, 11) is 0. The highest BCUT2D eigenvalue weighted by atomic mass is 127. The Morgan fingerprint density at radius 2 is 1.80 bits per heavy atom. The molecule has 0 aromatic heterocycles. The third-order valence-corrected chi connectivity index (χ3v) is 3.55. The van der Waals surface area contributed by atoms with Crippen LogP contribution in [0.5, 0.6) is 0 Å². The minimum absolute atomic E-state index is 0.108. The Bertz CT molecular complexity index is 480. The summed E-state index contributed by atoms with van der Waals surface area (Å²) in [5.41, 5.74) is 0.341. The Hall–Kier alpha value is -1.31. The predicted octanol–water partition coefficient (Wildman–Crippen LogP) is 3.30. The van der Waals surface area contributed by atoms with E-state index in [1.165, 1.54) is 0 Å². The number of carboxylic acid groups (broad SMARTS) is 1. The maximum absolute atomic E-state index is 11.9. The smallest absolute Gasteiger partial charge is 0.319 e. The summed E-state index contributed by atoms with van der Waals surface area (Å²) < 4.78 is 1.08. The number of carbonyl (C=O) groups is 2. The number of urea groups is 1. The summed E-state index contributed by atoms with van der Waals surface area (Å²) in [6.45, 7) is 5.68.